The molecule has 2 N–H and O–H groups in total. The second kappa shape index (κ2) is 3.95. The number of nitrogens with zero attached hydrogens (tertiary/aromatic N) is 3. The largest absolute Gasteiger partial charge is 0.353 e. The summed E-state index contributed by atoms with van der Waals surface area (Å²) in [5, 5.41) is 4.04. The van der Waals surface area contributed by atoms with E-state index >= 15 is 0 Å². The fraction of sp³-hybridized carbons (Fsp3) is 0.0909. The Morgan fingerprint density at radius 3 is 2.67 bits per heavy atom. The summed E-state index contributed by atoms with van der Waals surface area (Å²) in [4.78, 5) is 31.1. The summed E-state index contributed by atoms with van der Waals surface area (Å²) < 4.78 is 1.04. The average molecular weight is 243 g/mol. The number of hydrogen-bond acceptors (Lipinski definition) is 4. The summed E-state index contributed by atoms with van der Waals surface area (Å²) in [5.41, 5.74) is -0.154. The molecule has 18 heavy (non-hydrogen) atoms. The van der Waals surface area contributed by atoms with Gasteiger partial charge < -0.3 is 0 Å². The second-order valence-electron chi connectivity index (χ2n) is 3.81. The standard InChI is InChI=1S/C11H9N5O2/c17-10-13-9-12-8(15-16(9)11(18)14-10)6-7-4-2-1-3-5-7/h1-5H,6H2,(H2,12,13,14,15,17,18). The molecule has 0 unspecified atom stereocenters. The van der Waals surface area contributed by atoms with Crippen molar-refractivity contribution in [2.45, 2.75) is 6.42 Å². The summed E-state index contributed by atoms with van der Waals surface area (Å²) >= 11 is 0. The number of hydrogen-bond donors (Lipinski definition) is 2. The van der Waals surface area contributed by atoms with Crippen molar-refractivity contribution in [1.29, 1.82) is 0 Å². The molecule has 0 spiro atoms. The van der Waals surface area contributed by atoms with E-state index < -0.39 is 11.4 Å². The minimum absolute atomic E-state index is 0.148. The zero-order chi connectivity index (χ0) is 12.5. The third-order valence-corrected chi connectivity index (χ3v) is 2.49. The number of benzene rings is 1. The van der Waals surface area contributed by atoms with Crippen LogP contribution in [-0.2, 0) is 6.42 Å². The van der Waals surface area contributed by atoms with Gasteiger partial charge in [-0.2, -0.15) is 4.98 Å². The molecule has 1 aromatic carbocycles. The molecule has 2 aromatic heterocycles. The van der Waals surface area contributed by atoms with Gasteiger partial charge in [0.15, 0.2) is 5.82 Å². The third kappa shape index (κ3) is 1.81. The fourth-order valence-electron chi connectivity index (χ4n) is 1.71. The molecular formula is C11H9N5O2. The first kappa shape index (κ1) is 10.5. The van der Waals surface area contributed by atoms with Crippen LogP contribution in [0.4, 0.5) is 0 Å². The number of nitrogens with one attached hydrogen (secondary N) is 2. The molecule has 7 heteroatoms. The van der Waals surface area contributed by atoms with Crippen LogP contribution >= 0.6 is 0 Å². The highest BCUT2D eigenvalue weighted by atomic mass is 16.2. The molecule has 0 radical (unpaired) electrons. The fourth-order valence-corrected chi connectivity index (χ4v) is 1.71. The van der Waals surface area contributed by atoms with Gasteiger partial charge in [-0.25, -0.2) is 9.59 Å². The molecule has 0 amide bonds. The SMILES string of the molecule is O=c1[nH]c(=O)n2nc(Cc3ccccc3)nc2[nH]1. The van der Waals surface area contributed by atoms with Crippen LogP contribution in [0.15, 0.2) is 39.9 Å². The van der Waals surface area contributed by atoms with Crippen LogP contribution in [-0.4, -0.2) is 24.6 Å². The normalized spacial score (nSPS) is 10.9. The molecule has 2 heterocycles. The predicted octanol–water partition coefficient (Wildman–Crippen LogP) is -0.303. The van der Waals surface area contributed by atoms with Crippen molar-refractivity contribution in [3.8, 4) is 0 Å². The zero-order valence-electron chi connectivity index (χ0n) is 9.25. The highest BCUT2D eigenvalue weighted by molar-refractivity contribution is 5.26. The number of aromatic nitrogens is 5. The van der Waals surface area contributed by atoms with E-state index in [0.717, 1.165) is 10.1 Å². The molecule has 0 aliphatic heterocycles. The first-order chi connectivity index (χ1) is 8.72. The van der Waals surface area contributed by atoms with Crippen LogP contribution in [0.5, 0.6) is 0 Å². The van der Waals surface area contributed by atoms with Crippen molar-refractivity contribution in [3.05, 3.63) is 62.7 Å². The minimum atomic E-state index is -0.597. The van der Waals surface area contributed by atoms with Gasteiger partial charge >= 0.3 is 11.4 Å². The van der Waals surface area contributed by atoms with Crippen molar-refractivity contribution in [2.75, 3.05) is 0 Å². The molecule has 0 bridgehead atoms. The third-order valence-electron chi connectivity index (χ3n) is 2.49. The molecule has 0 aliphatic carbocycles. The Kier molecular flexibility index (Phi) is 2.30. The first-order valence-electron chi connectivity index (χ1n) is 5.34. The highest BCUT2D eigenvalue weighted by Crippen LogP contribution is 2.04. The van der Waals surface area contributed by atoms with Gasteiger partial charge in [-0.3, -0.25) is 9.97 Å². The van der Waals surface area contributed by atoms with Gasteiger partial charge in [-0.1, -0.05) is 30.3 Å². The Hall–Kier alpha value is -2.70. The molecule has 0 atom stereocenters. The maximum absolute atomic E-state index is 11.5. The van der Waals surface area contributed by atoms with Gasteiger partial charge in [0.2, 0.25) is 5.78 Å². The van der Waals surface area contributed by atoms with Gasteiger partial charge in [-0.05, 0) is 5.56 Å². The molecule has 0 saturated carbocycles. The summed E-state index contributed by atoms with van der Waals surface area (Å²) in [6.07, 6.45) is 0.504. The molecule has 3 aromatic rings. The number of H-pyrrole nitrogens is 2. The first-order valence-corrected chi connectivity index (χ1v) is 5.34. The Balaban J connectivity index is 2.07. The van der Waals surface area contributed by atoms with Gasteiger partial charge in [-0.15, -0.1) is 9.61 Å². The topological polar surface area (TPSA) is 95.9 Å². The second-order valence-corrected chi connectivity index (χ2v) is 3.81. The number of fused-ring (bicyclic) bond motifs is 1. The van der Waals surface area contributed by atoms with E-state index in [1.807, 2.05) is 30.3 Å². The lowest BCUT2D eigenvalue weighted by Crippen LogP contribution is -2.28. The lowest BCUT2D eigenvalue weighted by Gasteiger charge is -1.94. The van der Waals surface area contributed by atoms with E-state index in [4.69, 9.17) is 0 Å². The molecule has 7 nitrogen and oxygen atoms in total. The van der Waals surface area contributed by atoms with Crippen LogP contribution in [0.2, 0.25) is 0 Å². The van der Waals surface area contributed by atoms with Crippen LogP contribution < -0.4 is 11.4 Å². The smallest absolute Gasteiger partial charge is 0.276 e. The Bertz CT molecular complexity index is 799. The lowest BCUT2D eigenvalue weighted by atomic mass is 10.1. The Morgan fingerprint density at radius 2 is 1.89 bits per heavy atom. The average Bonchev–Trinajstić information content (AvgIpc) is 2.73. The van der Waals surface area contributed by atoms with Gasteiger partial charge in [0.1, 0.15) is 0 Å². The van der Waals surface area contributed by atoms with Crippen molar-refractivity contribution in [2.24, 2.45) is 0 Å². The van der Waals surface area contributed by atoms with Gasteiger partial charge in [0.25, 0.3) is 0 Å². The number of aromatic amines is 2. The molecule has 0 fully saturated rings. The highest BCUT2D eigenvalue weighted by Gasteiger charge is 2.07. The maximum Gasteiger partial charge on any atom is 0.353 e. The zero-order valence-corrected chi connectivity index (χ0v) is 9.25. The Labute approximate surface area is 100 Å². The quantitative estimate of drug-likeness (QED) is 0.645. The van der Waals surface area contributed by atoms with Crippen LogP contribution in [0.1, 0.15) is 11.4 Å². The van der Waals surface area contributed by atoms with E-state index in [1.54, 1.807) is 0 Å². The molecule has 3 rings (SSSR count). The minimum Gasteiger partial charge on any atom is -0.276 e. The van der Waals surface area contributed by atoms with E-state index in [1.165, 1.54) is 0 Å². The summed E-state index contributed by atoms with van der Waals surface area (Å²) in [6, 6.07) is 9.64. The van der Waals surface area contributed by atoms with Crippen molar-refractivity contribution in [1.82, 2.24) is 24.6 Å². The molecule has 0 aliphatic rings. The van der Waals surface area contributed by atoms with Crippen LogP contribution in [0.25, 0.3) is 5.78 Å². The van der Waals surface area contributed by atoms with Gasteiger partial charge in [0.05, 0.1) is 0 Å². The van der Waals surface area contributed by atoms with E-state index in [0.29, 0.717) is 12.2 Å². The summed E-state index contributed by atoms with van der Waals surface area (Å²) in [5.74, 6) is 0.628. The Morgan fingerprint density at radius 1 is 1.11 bits per heavy atom. The van der Waals surface area contributed by atoms with E-state index in [-0.39, 0.29) is 5.78 Å². The van der Waals surface area contributed by atoms with Crippen molar-refractivity contribution >= 4 is 5.78 Å². The van der Waals surface area contributed by atoms with Crippen molar-refractivity contribution < 1.29 is 0 Å². The monoisotopic (exact) mass is 243 g/mol. The van der Waals surface area contributed by atoms with Crippen LogP contribution in [0.3, 0.4) is 0 Å². The van der Waals surface area contributed by atoms with Crippen LogP contribution in [0, 0.1) is 0 Å². The number of rotatable bonds is 2. The van der Waals surface area contributed by atoms with Gasteiger partial charge in [0, 0.05) is 6.42 Å². The van der Waals surface area contributed by atoms with E-state index in [2.05, 4.69) is 20.1 Å². The molecule has 90 valence electrons. The summed E-state index contributed by atoms with van der Waals surface area (Å²) in [7, 11) is 0. The summed E-state index contributed by atoms with van der Waals surface area (Å²) in [6.45, 7) is 0. The van der Waals surface area contributed by atoms with E-state index in [9.17, 15) is 9.59 Å². The maximum atomic E-state index is 11.5. The molecule has 0 saturated heterocycles. The van der Waals surface area contributed by atoms with Crippen molar-refractivity contribution in [3.63, 3.8) is 0 Å². The predicted molar refractivity (Wildman–Crippen MR) is 63.5 cm³/mol. The lowest BCUT2D eigenvalue weighted by molar-refractivity contribution is 0.803. The molecular weight excluding hydrogens is 234 g/mol.